The molecule has 2 aromatic carbocycles. The van der Waals surface area contributed by atoms with E-state index in [-0.39, 0.29) is 11.9 Å². The first-order valence-electron chi connectivity index (χ1n) is 11.8. The number of carbonyl (C=O) groups is 1. The Morgan fingerprint density at radius 1 is 1.24 bits per heavy atom. The minimum Gasteiger partial charge on any atom is -0.493 e. The van der Waals surface area contributed by atoms with E-state index in [1.165, 1.54) is 12.8 Å². The number of halogens is 1. The van der Waals surface area contributed by atoms with Crippen LogP contribution in [0, 0.1) is 5.92 Å². The van der Waals surface area contributed by atoms with Crippen molar-refractivity contribution in [2.24, 2.45) is 10.9 Å². The largest absolute Gasteiger partial charge is 0.493 e. The zero-order valence-corrected chi connectivity index (χ0v) is 19.0. The van der Waals surface area contributed by atoms with E-state index in [2.05, 4.69) is 27.3 Å². The molecule has 2 heterocycles. The summed E-state index contributed by atoms with van der Waals surface area (Å²) >= 11 is 0. The smallest absolute Gasteiger partial charge is 0.266 e. The van der Waals surface area contributed by atoms with E-state index in [0.717, 1.165) is 41.2 Å². The van der Waals surface area contributed by atoms with E-state index < -0.39 is 6.17 Å². The molecule has 0 radical (unpaired) electrons. The summed E-state index contributed by atoms with van der Waals surface area (Å²) in [6.45, 7) is 4.50. The van der Waals surface area contributed by atoms with E-state index in [0.29, 0.717) is 31.1 Å². The molecular formula is C27H30FN3O2. The molecule has 6 heteroatoms. The predicted molar refractivity (Wildman–Crippen MR) is 127 cm³/mol. The van der Waals surface area contributed by atoms with Crippen molar-refractivity contribution in [3.8, 4) is 5.75 Å². The first-order valence-corrected chi connectivity index (χ1v) is 11.8. The molecule has 1 aliphatic carbocycles. The van der Waals surface area contributed by atoms with Crippen LogP contribution in [0.3, 0.4) is 0 Å². The highest BCUT2D eigenvalue weighted by molar-refractivity contribution is 6.39. The molecule has 0 spiro atoms. The molecule has 1 amide bonds. The summed E-state index contributed by atoms with van der Waals surface area (Å²) < 4.78 is 20.8. The van der Waals surface area contributed by atoms with Crippen LogP contribution in [-0.2, 0) is 17.9 Å². The van der Waals surface area contributed by atoms with Crippen molar-refractivity contribution in [1.29, 1.82) is 0 Å². The Labute approximate surface area is 194 Å². The van der Waals surface area contributed by atoms with Gasteiger partial charge in [0.15, 0.2) is 0 Å². The molecule has 2 aliphatic heterocycles. The second kappa shape index (κ2) is 9.48. The number of carbonyl (C=O) groups excluding carboxylic acids is 1. The number of hydrogen-bond donors (Lipinski definition) is 1. The van der Waals surface area contributed by atoms with Gasteiger partial charge in [0.2, 0.25) is 0 Å². The highest BCUT2D eigenvalue weighted by Gasteiger charge is 2.27. The summed E-state index contributed by atoms with van der Waals surface area (Å²) in [7, 11) is 0. The number of hydrogen-bond acceptors (Lipinski definition) is 4. The number of amides is 1. The number of nitrogens with one attached hydrogen (secondary N) is 1. The maximum absolute atomic E-state index is 15.0. The van der Waals surface area contributed by atoms with Crippen molar-refractivity contribution in [3.63, 3.8) is 0 Å². The molecule has 33 heavy (non-hydrogen) atoms. The highest BCUT2D eigenvalue weighted by atomic mass is 19.1. The Balaban J connectivity index is 1.17. The van der Waals surface area contributed by atoms with Gasteiger partial charge in [0.1, 0.15) is 17.6 Å². The zero-order valence-electron chi connectivity index (χ0n) is 19.0. The first kappa shape index (κ1) is 21.8. The number of nitrogens with zero attached hydrogens (tertiary/aromatic N) is 2. The lowest BCUT2D eigenvalue weighted by molar-refractivity contribution is -0.115. The molecule has 172 valence electrons. The molecule has 5 nitrogen and oxygen atoms in total. The molecule has 5 rings (SSSR count). The maximum Gasteiger partial charge on any atom is 0.266 e. The van der Waals surface area contributed by atoms with Crippen molar-refractivity contribution < 1.29 is 13.9 Å². The van der Waals surface area contributed by atoms with Gasteiger partial charge in [-0.2, -0.15) is 0 Å². The third-order valence-corrected chi connectivity index (χ3v) is 6.59. The number of allylic oxidation sites excluding steroid dienone is 1. The Morgan fingerprint density at radius 2 is 2.06 bits per heavy atom. The van der Waals surface area contributed by atoms with Gasteiger partial charge in [-0.25, -0.2) is 4.39 Å². The van der Waals surface area contributed by atoms with E-state index in [1.807, 2.05) is 43.3 Å². The van der Waals surface area contributed by atoms with E-state index in [1.54, 1.807) is 6.20 Å². The number of rotatable bonds is 8. The lowest BCUT2D eigenvalue weighted by atomic mass is 9.97. The van der Waals surface area contributed by atoms with Crippen LogP contribution in [0.1, 0.15) is 60.7 Å². The molecule has 0 saturated heterocycles. The topological polar surface area (TPSA) is 53.9 Å². The number of benzene rings is 2. The molecule has 2 aromatic rings. The number of ether oxygens (including phenoxy) is 1. The summed E-state index contributed by atoms with van der Waals surface area (Å²) in [6, 6.07) is 13.9. The van der Waals surface area contributed by atoms with Crippen molar-refractivity contribution in [3.05, 3.63) is 77.0 Å². The Hall–Kier alpha value is -2.99. The van der Waals surface area contributed by atoms with Crippen LogP contribution in [-0.4, -0.2) is 29.7 Å². The van der Waals surface area contributed by atoms with Gasteiger partial charge in [-0.3, -0.25) is 14.7 Å². The van der Waals surface area contributed by atoms with Gasteiger partial charge in [-0.05, 0) is 60.1 Å². The Kier molecular flexibility index (Phi) is 6.27. The standard InChI is InChI=1S/C27H30FN3O2/c1-18(30-27(32)26-3-2-12-29-26)21-8-6-19(7-9-21)14-31-15-22-10-11-23(33-17-20-4-5-20)13-24(22)25(28)16-31/h2,6-13,18,20,25H,3-5,14-17H2,1H3,(H,30,32)/t18-,25?/m0/s1. The SMILES string of the molecule is C[C@H](NC(=O)C1=NC=CC1)c1ccc(CN2Cc3ccc(OCC4CC4)cc3C(F)C2)cc1. The Morgan fingerprint density at radius 3 is 2.79 bits per heavy atom. The summed E-state index contributed by atoms with van der Waals surface area (Å²) in [5.41, 5.74) is 4.50. The first-order chi connectivity index (χ1) is 16.0. The summed E-state index contributed by atoms with van der Waals surface area (Å²) in [5, 5.41) is 3.00. The second-order valence-electron chi connectivity index (χ2n) is 9.35. The fourth-order valence-electron chi connectivity index (χ4n) is 4.39. The third-order valence-electron chi connectivity index (χ3n) is 6.59. The van der Waals surface area contributed by atoms with Crippen LogP contribution in [0.25, 0.3) is 0 Å². The minimum absolute atomic E-state index is 0.108. The Bertz CT molecular complexity index is 1080. The minimum atomic E-state index is -1.01. The molecule has 3 aliphatic rings. The van der Waals surface area contributed by atoms with Crippen LogP contribution in [0.2, 0.25) is 0 Å². The zero-order chi connectivity index (χ0) is 22.8. The van der Waals surface area contributed by atoms with Crippen molar-refractivity contribution in [1.82, 2.24) is 10.2 Å². The number of aliphatic imine (C=N–C) groups is 1. The monoisotopic (exact) mass is 447 g/mol. The molecule has 2 atom stereocenters. The summed E-state index contributed by atoms with van der Waals surface area (Å²) in [6.07, 6.45) is 5.59. The van der Waals surface area contributed by atoms with Gasteiger partial charge in [-0.15, -0.1) is 0 Å². The third kappa shape index (κ3) is 5.33. The van der Waals surface area contributed by atoms with Crippen LogP contribution in [0.15, 0.2) is 59.7 Å². The van der Waals surface area contributed by atoms with Crippen LogP contribution in [0.4, 0.5) is 4.39 Å². The van der Waals surface area contributed by atoms with Crippen molar-refractivity contribution >= 4 is 11.6 Å². The molecule has 1 N–H and O–H groups in total. The van der Waals surface area contributed by atoms with Gasteiger partial charge >= 0.3 is 0 Å². The normalized spacial score (nSPS) is 20.8. The average molecular weight is 448 g/mol. The molecule has 1 saturated carbocycles. The van der Waals surface area contributed by atoms with Crippen LogP contribution < -0.4 is 10.1 Å². The second-order valence-corrected chi connectivity index (χ2v) is 9.35. The van der Waals surface area contributed by atoms with Crippen LogP contribution >= 0.6 is 0 Å². The predicted octanol–water partition coefficient (Wildman–Crippen LogP) is 5.04. The van der Waals surface area contributed by atoms with Gasteiger partial charge in [-0.1, -0.05) is 36.4 Å². The number of fused-ring (bicyclic) bond motifs is 1. The van der Waals surface area contributed by atoms with Crippen LogP contribution in [0.5, 0.6) is 5.75 Å². The fourth-order valence-corrected chi connectivity index (χ4v) is 4.39. The maximum atomic E-state index is 15.0. The average Bonchev–Trinajstić information content (AvgIpc) is 3.48. The lowest BCUT2D eigenvalue weighted by Gasteiger charge is -2.31. The number of alkyl halides is 1. The highest BCUT2D eigenvalue weighted by Crippen LogP contribution is 2.34. The van der Waals surface area contributed by atoms with E-state index in [4.69, 9.17) is 4.74 Å². The summed E-state index contributed by atoms with van der Waals surface area (Å²) in [4.78, 5) is 18.5. The van der Waals surface area contributed by atoms with E-state index in [9.17, 15) is 9.18 Å². The molecule has 0 bridgehead atoms. The van der Waals surface area contributed by atoms with Crippen molar-refractivity contribution in [2.75, 3.05) is 13.2 Å². The van der Waals surface area contributed by atoms with Gasteiger partial charge in [0.05, 0.1) is 12.6 Å². The lowest BCUT2D eigenvalue weighted by Crippen LogP contribution is -2.32. The van der Waals surface area contributed by atoms with Crippen molar-refractivity contribution in [2.45, 2.75) is 51.5 Å². The molecule has 0 aromatic heterocycles. The molecule has 1 fully saturated rings. The van der Waals surface area contributed by atoms with Gasteiger partial charge in [0.25, 0.3) is 5.91 Å². The quantitative estimate of drug-likeness (QED) is 0.617. The van der Waals surface area contributed by atoms with Gasteiger partial charge < -0.3 is 10.1 Å². The van der Waals surface area contributed by atoms with Gasteiger partial charge in [0, 0.05) is 32.3 Å². The molecule has 1 unspecified atom stereocenters. The summed E-state index contributed by atoms with van der Waals surface area (Å²) in [5.74, 6) is 1.34. The molecular weight excluding hydrogens is 417 g/mol. The van der Waals surface area contributed by atoms with E-state index >= 15 is 0 Å². The fraction of sp³-hybridized carbons (Fsp3) is 0.407.